The first kappa shape index (κ1) is 16.9. The molecule has 0 bridgehead atoms. The third kappa shape index (κ3) is 3.28. The van der Waals surface area contributed by atoms with Gasteiger partial charge in [-0.3, -0.25) is 9.36 Å². The maximum Gasteiger partial charge on any atom is 0.391 e. The molecule has 0 amide bonds. The monoisotopic (exact) mass is 384 g/mol. The lowest BCUT2D eigenvalue weighted by Gasteiger charge is -2.01. The lowest BCUT2D eigenvalue weighted by atomic mass is 10.1. The van der Waals surface area contributed by atoms with Gasteiger partial charge in [-0.05, 0) is 36.4 Å². The Kier molecular flexibility index (Phi) is 4.33. The number of carbonyl (C=O) groups excluding carboxylic acids is 1. The van der Waals surface area contributed by atoms with E-state index in [2.05, 4.69) is 4.98 Å². The highest BCUT2D eigenvalue weighted by Crippen LogP contribution is 2.37. The maximum atomic E-state index is 12.6. The molecule has 3 aromatic rings. The highest BCUT2D eigenvalue weighted by Gasteiger charge is 2.26. The number of ketones is 1. The zero-order valence-electron chi connectivity index (χ0n) is 11.8. The van der Waals surface area contributed by atoms with Crippen molar-refractivity contribution >= 4 is 46.9 Å². The Morgan fingerprint density at radius 3 is 2.46 bits per heavy atom. The minimum absolute atomic E-state index is 0.0542. The van der Waals surface area contributed by atoms with E-state index in [0.29, 0.717) is 10.6 Å². The van der Waals surface area contributed by atoms with E-state index in [0.717, 1.165) is 17.4 Å². The van der Waals surface area contributed by atoms with Gasteiger partial charge in [0.25, 0.3) is 0 Å². The number of halogens is 1. The number of nitrogens with two attached hydrogens (primary N) is 1. The predicted octanol–water partition coefficient (Wildman–Crippen LogP) is 2.67. The van der Waals surface area contributed by atoms with Crippen LogP contribution in [0.3, 0.4) is 0 Å². The Balaban J connectivity index is 2.05. The summed E-state index contributed by atoms with van der Waals surface area (Å²) in [7, 11) is -4.54. The molecule has 10 heteroatoms. The van der Waals surface area contributed by atoms with Crippen LogP contribution in [0.2, 0.25) is 5.02 Å². The Labute approximate surface area is 144 Å². The fraction of sp³-hybridized carbons (Fsp3) is 0. The molecular weight excluding hydrogens is 375 g/mol. The number of nitrogens with zero attached hydrogens (tertiary/aromatic N) is 1. The second-order valence-electron chi connectivity index (χ2n) is 4.75. The number of furan rings is 1. The van der Waals surface area contributed by atoms with Crippen LogP contribution in [-0.4, -0.2) is 20.6 Å². The second-order valence-corrected chi connectivity index (χ2v) is 7.74. The van der Waals surface area contributed by atoms with Crippen LogP contribution in [0.25, 0.3) is 11.5 Å². The van der Waals surface area contributed by atoms with Crippen molar-refractivity contribution in [3.05, 3.63) is 51.9 Å². The number of benzene rings is 1. The van der Waals surface area contributed by atoms with Gasteiger partial charge in [-0.25, -0.2) is 4.98 Å². The first-order valence-electron chi connectivity index (χ1n) is 6.48. The largest absolute Gasteiger partial charge is 0.446 e. The summed E-state index contributed by atoms with van der Waals surface area (Å²) in [4.78, 5) is 35.2. The van der Waals surface area contributed by atoms with Crippen molar-refractivity contribution < 1.29 is 23.6 Å². The van der Waals surface area contributed by atoms with Gasteiger partial charge in [0, 0.05) is 10.6 Å². The van der Waals surface area contributed by atoms with Crippen LogP contribution in [-0.2, 0) is 4.57 Å². The van der Waals surface area contributed by atoms with E-state index in [4.69, 9.17) is 31.5 Å². The number of thiazole rings is 1. The molecule has 0 saturated heterocycles. The molecule has 1 aromatic carbocycles. The van der Waals surface area contributed by atoms with Crippen LogP contribution >= 0.6 is 30.5 Å². The number of hydrogen-bond acceptors (Lipinski definition) is 6. The third-order valence-electron chi connectivity index (χ3n) is 3.07. The number of aromatic nitrogens is 1. The first-order chi connectivity index (χ1) is 11.3. The Morgan fingerprint density at radius 1 is 1.21 bits per heavy atom. The molecule has 0 fully saturated rings. The summed E-state index contributed by atoms with van der Waals surface area (Å²) in [5.41, 5.74) is 5.70. The van der Waals surface area contributed by atoms with Crippen molar-refractivity contribution in [2.75, 3.05) is 5.73 Å². The van der Waals surface area contributed by atoms with E-state index in [-0.39, 0.29) is 27.2 Å². The molecule has 0 atom stereocenters. The van der Waals surface area contributed by atoms with Crippen LogP contribution in [0.5, 0.6) is 0 Å². The molecular formula is C14H10ClN2O5PS. The highest BCUT2D eigenvalue weighted by molar-refractivity contribution is 7.59. The normalized spacial score (nSPS) is 11.6. The van der Waals surface area contributed by atoms with E-state index in [1.54, 1.807) is 24.3 Å². The molecule has 24 heavy (non-hydrogen) atoms. The van der Waals surface area contributed by atoms with Crippen LogP contribution in [0.15, 0.2) is 40.8 Å². The van der Waals surface area contributed by atoms with Gasteiger partial charge in [-0.1, -0.05) is 22.9 Å². The molecule has 2 heterocycles. The Hall–Kier alpha value is -1.96. The average molecular weight is 385 g/mol. The van der Waals surface area contributed by atoms with E-state index < -0.39 is 13.1 Å². The van der Waals surface area contributed by atoms with E-state index in [1.807, 2.05) is 0 Å². The van der Waals surface area contributed by atoms with Gasteiger partial charge in [-0.15, -0.1) is 0 Å². The van der Waals surface area contributed by atoms with Crippen LogP contribution in [0.4, 0.5) is 5.13 Å². The molecule has 2 aromatic heterocycles. The number of hydrogen-bond donors (Lipinski definition) is 3. The molecule has 0 radical (unpaired) electrons. The highest BCUT2D eigenvalue weighted by atomic mass is 35.5. The molecule has 124 valence electrons. The van der Waals surface area contributed by atoms with E-state index in [9.17, 15) is 9.36 Å². The fourth-order valence-electron chi connectivity index (χ4n) is 2.00. The van der Waals surface area contributed by atoms with E-state index >= 15 is 0 Å². The maximum absolute atomic E-state index is 12.6. The van der Waals surface area contributed by atoms with Gasteiger partial charge in [0.15, 0.2) is 10.9 Å². The van der Waals surface area contributed by atoms with Crippen molar-refractivity contribution in [2.45, 2.75) is 0 Å². The topological polar surface area (TPSA) is 127 Å². The van der Waals surface area contributed by atoms with Crippen molar-refractivity contribution in [2.24, 2.45) is 0 Å². The lowest BCUT2D eigenvalue weighted by Crippen LogP contribution is -2.01. The van der Waals surface area contributed by atoms with Crippen LogP contribution in [0, 0.1) is 0 Å². The number of nitrogen functional groups attached to an aromatic ring is 1. The van der Waals surface area contributed by atoms with Crippen molar-refractivity contribution in [1.82, 2.24) is 4.98 Å². The molecule has 0 spiro atoms. The van der Waals surface area contributed by atoms with Gasteiger partial charge in [0.2, 0.25) is 11.3 Å². The quantitative estimate of drug-likeness (QED) is 0.466. The molecule has 0 unspecified atom stereocenters. The Bertz CT molecular complexity index is 960. The summed E-state index contributed by atoms with van der Waals surface area (Å²) in [5.74, 6) is -0.288. The lowest BCUT2D eigenvalue weighted by molar-refractivity contribution is 0.104. The number of carbonyl (C=O) groups is 1. The summed E-state index contributed by atoms with van der Waals surface area (Å²) < 4.78 is 16.4. The van der Waals surface area contributed by atoms with Gasteiger partial charge in [0.1, 0.15) is 10.6 Å². The zero-order valence-corrected chi connectivity index (χ0v) is 14.3. The van der Waals surface area contributed by atoms with Gasteiger partial charge in [-0.2, -0.15) is 0 Å². The molecule has 7 nitrogen and oxygen atoms in total. The minimum Gasteiger partial charge on any atom is -0.446 e. The summed E-state index contributed by atoms with van der Waals surface area (Å²) in [5, 5.41) is 0.629. The third-order valence-corrected chi connectivity index (χ3v) is 5.02. The van der Waals surface area contributed by atoms with Gasteiger partial charge < -0.3 is 19.9 Å². The average Bonchev–Trinajstić information content (AvgIpc) is 3.13. The fourth-order valence-corrected chi connectivity index (χ4v) is 3.41. The van der Waals surface area contributed by atoms with Gasteiger partial charge >= 0.3 is 7.60 Å². The molecule has 0 saturated carbocycles. The van der Waals surface area contributed by atoms with Crippen molar-refractivity contribution in [3.63, 3.8) is 0 Å². The van der Waals surface area contributed by atoms with Crippen LogP contribution < -0.4 is 11.2 Å². The molecule has 0 aliphatic carbocycles. The van der Waals surface area contributed by atoms with Crippen molar-refractivity contribution in [1.29, 1.82) is 0 Å². The summed E-state index contributed by atoms with van der Waals surface area (Å²) in [6.07, 6.45) is 0. The Morgan fingerprint density at radius 2 is 1.88 bits per heavy atom. The molecule has 0 aliphatic heterocycles. The number of anilines is 1. The summed E-state index contributed by atoms with van der Waals surface area (Å²) in [6, 6.07) is 8.76. The molecule has 0 aliphatic rings. The smallest absolute Gasteiger partial charge is 0.391 e. The second kappa shape index (κ2) is 6.16. The minimum atomic E-state index is -4.54. The predicted molar refractivity (Wildman–Crippen MR) is 90.8 cm³/mol. The molecule has 3 rings (SSSR count). The molecule has 4 N–H and O–H groups in total. The van der Waals surface area contributed by atoms with Gasteiger partial charge in [0.05, 0.1) is 0 Å². The van der Waals surface area contributed by atoms with E-state index in [1.165, 1.54) is 6.07 Å². The summed E-state index contributed by atoms with van der Waals surface area (Å²) >= 11 is 6.77. The zero-order chi connectivity index (χ0) is 17.5. The number of rotatable bonds is 4. The SMILES string of the molecule is Nc1nc(-c2ccc(P(=O)(O)O)o2)c(C(=O)c2ccc(Cl)cc2)s1. The summed E-state index contributed by atoms with van der Waals surface area (Å²) in [6.45, 7) is 0. The van der Waals surface area contributed by atoms with Crippen LogP contribution in [0.1, 0.15) is 15.2 Å². The van der Waals surface area contributed by atoms with Crippen molar-refractivity contribution in [3.8, 4) is 11.5 Å². The standard InChI is InChI=1S/C14H10ClN2O5PS/c15-8-3-1-7(2-4-8)12(18)13-11(17-14(16)24-13)9-5-6-10(22-9)23(19,20)21/h1-6H,(H2,16,17)(H2,19,20,21). The first-order valence-corrected chi connectivity index (χ1v) is 9.29.